The third kappa shape index (κ3) is 3.26. The SMILES string of the molecule is CN1CCOC(CNCc2cn(C)nn2)C1. The van der Waals surface area contributed by atoms with Crippen molar-refractivity contribution in [3.05, 3.63) is 11.9 Å². The van der Waals surface area contributed by atoms with E-state index in [2.05, 4.69) is 27.6 Å². The Labute approximate surface area is 95.6 Å². The summed E-state index contributed by atoms with van der Waals surface area (Å²) in [6, 6.07) is 0. The predicted molar refractivity (Wildman–Crippen MR) is 59.9 cm³/mol. The first kappa shape index (κ1) is 11.5. The average Bonchev–Trinajstić information content (AvgIpc) is 2.64. The second kappa shape index (κ2) is 5.38. The molecule has 0 aliphatic carbocycles. The number of aromatic nitrogens is 3. The fraction of sp³-hybridized carbons (Fsp3) is 0.800. The number of morpholine rings is 1. The summed E-state index contributed by atoms with van der Waals surface area (Å²) >= 11 is 0. The molecule has 1 atom stereocenters. The largest absolute Gasteiger partial charge is 0.374 e. The van der Waals surface area contributed by atoms with Gasteiger partial charge in [-0.1, -0.05) is 5.21 Å². The molecule has 1 fully saturated rings. The van der Waals surface area contributed by atoms with E-state index in [1.165, 1.54) is 0 Å². The molecular weight excluding hydrogens is 206 g/mol. The zero-order chi connectivity index (χ0) is 11.4. The number of nitrogens with one attached hydrogen (secondary N) is 1. The van der Waals surface area contributed by atoms with Crippen LogP contribution in [-0.4, -0.2) is 59.3 Å². The van der Waals surface area contributed by atoms with Crippen LogP contribution in [0.3, 0.4) is 0 Å². The zero-order valence-electron chi connectivity index (χ0n) is 9.89. The van der Waals surface area contributed by atoms with E-state index in [4.69, 9.17) is 4.74 Å². The topological polar surface area (TPSA) is 55.2 Å². The van der Waals surface area contributed by atoms with Crippen LogP contribution in [0.15, 0.2) is 6.20 Å². The first-order valence-corrected chi connectivity index (χ1v) is 5.60. The van der Waals surface area contributed by atoms with Gasteiger partial charge in [0.2, 0.25) is 0 Å². The molecule has 0 aromatic carbocycles. The van der Waals surface area contributed by atoms with Crippen molar-refractivity contribution < 1.29 is 4.74 Å². The highest BCUT2D eigenvalue weighted by molar-refractivity contribution is 4.91. The van der Waals surface area contributed by atoms with Crippen molar-refractivity contribution >= 4 is 0 Å². The van der Waals surface area contributed by atoms with Gasteiger partial charge in [0, 0.05) is 39.4 Å². The van der Waals surface area contributed by atoms with Gasteiger partial charge in [-0.3, -0.25) is 4.68 Å². The van der Waals surface area contributed by atoms with Gasteiger partial charge >= 0.3 is 0 Å². The van der Waals surface area contributed by atoms with E-state index in [9.17, 15) is 0 Å². The molecule has 90 valence electrons. The van der Waals surface area contributed by atoms with Gasteiger partial charge < -0.3 is 15.0 Å². The fourth-order valence-electron chi connectivity index (χ4n) is 1.83. The average molecular weight is 225 g/mol. The van der Waals surface area contributed by atoms with Crippen LogP contribution in [0, 0.1) is 0 Å². The Bertz CT molecular complexity index is 327. The van der Waals surface area contributed by atoms with E-state index in [1.54, 1.807) is 4.68 Å². The lowest BCUT2D eigenvalue weighted by Gasteiger charge is -2.30. The molecule has 1 aromatic rings. The second-order valence-corrected chi connectivity index (χ2v) is 4.27. The van der Waals surface area contributed by atoms with E-state index in [0.717, 1.165) is 38.5 Å². The van der Waals surface area contributed by atoms with Crippen LogP contribution in [0.4, 0.5) is 0 Å². The molecule has 0 bridgehead atoms. The summed E-state index contributed by atoms with van der Waals surface area (Å²) < 4.78 is 7.36. The lowest BCUT2D eigenvalue weighted by molar-refractivity contribution is -0.0182. The molecule has 6 nitrogen and oxygen atoms in total. The van der Waals surface area contributed by atoms with Crippen molar-refractivity contribution in [1.29, 1.82) is 0 Å². The normalized spacial score (nSPS) is 22.5. The molecular formula is C10H19N5O. The highest BCUT2D eigenvalue weighted by Crippen LogP contribution is 2.01. The smallest absolute Gasteiger partial charge is 0.0964 e. The number of hydrogen-bond donors (Lipinski definition) is 1. The molecule has 1 aromatic heterocycles. The predicted octanol–water partition coefficient (Wildman–Crippen LogP) is -0.765. The molecule has 0 spiro atoms. The van der Waals surface area contributed by atoms with Gasteiger partial charge in [-0.2, -0.15) is 0 Å². The van der Waals surface area contributed by atoms with Crippen molar-refractivity contribution in [2.24, 2.45) is 7.05 Å². The molecule has 16 heavy (non-hydrogen) atoms. The van der Waals surface area contributed by atoms with Crippen LogP contribution in [0.25, 0.3) is 0 Å². The first-order valence-electron chi connectivity index (χ1n) is 5.60. The van der Waals surface area contributed by atoms with Crippen LogP contribution >= 0.6 is 0 Å². The summed E-state index contributed by atoms with van der Waals surface area (Å²) in [6.07, 6.45) is 2.20. The van der Waals surface area contributed by atoms with Crippen molar-refractivity contribution in [2.75, 3.05) is 33.3 Å². The summed E-state index contributed by atoms with van der Waals surface area (Å²) in [4.78, 5) is 2.29. The fourth-order valence-corrected chi connectivity index (χ4v) is 1.83. The summed E-state index contributed by atoms with van der Waals surface area (Å²) in [6.45, 7) is 4.46. The van der Waals surface area contributed by atoms with Gasteiger partial charge in [-0.15, -0.1) is 5.10 Å². The molecule has 1 unspecified atom stereocenters. The molecule has 2 heterocycles. The lowest BCUT2D eigenvalue weighted by atomic mass is 10.3. The standard InChI is InChI=1S/C10H19N5O/c1-14-3-4-16-10(8-14)6-11-5-9-7-15(2)13-12-9/h7,10-11H,3-6,8H2,1-2H3. The molecule has 1 aliphatic rings. The first-order chi connectivity index (χ1) is 7.74. The minimum Gasteiger partial charge on any atom is -0.374 e. The number of rotatable bonds is 4. The van der Waals surface area contributed by atoms with E-state index in [1.807, 2.05) is 13.2 Å². The maximum Gasteiger partial charge on any atom is 0.0964 e. The molecule has 0 saturated carbocycles. The van der Waals surface area contributed by atoms with Gasteiger partial charge in [-0.05, 0) is 7.05 Å². The van der Waals surface area contributed by atoms with E-state index in [0.29, 0.717) is 0 Å². The summed E-state index contributed by atoms with van der Waals surface area (Å²) in [5.41, 5.74) is 0.965. The molecule has 1 N–H and O–H groups in total. The molecule has 2 rings (SSSR count). The van der Waals surface area contributed by atoms with E-state index in [-0.39, 0.29) is 6.10 Å². The zero-order valence-corrected chi connectivity index (χ0v) is 9.89. The van der Waals surface area contributed by atoms with Crippen LogP contribution in [-0.2, 0) is 18.3 Å². The quantitative estimate of drug-likeness (QED) is 0.729. The molecule has 0 radical (unpaired) electrons. The Morgan fingerprint density at radius 3 is 3.12 bits per heavy atom. The van der Waals surface area contributed by atoms with Crippen LogP contribution in [0.1, 0.15) is 5.69 Å². The maximum absolute atomic E-state index is 5.65. The Balaban J connectivity index is 1.67. The maximum atomic E-state index is 5.65. The number of aryl methyl sites for hydroxylation is 1. The van der Waals surface area contributed by atoms with E-state index < -0.39 is 0 Å². The number of ether oxygens (including phenoxy) is 1. The highest BCUT2D eigenvalue weighted by Gasteiger charge is 2.16. The van der Waals surface area contributed by atoms with E-state index >= 15 is 0 Å². The van der Waals surface area contributed by atoms with Crippen molar-refractivity contribution in [2.45, 2.75) is 12.6 Å². The highest BCUT2D eigenvalue weighted by atomic mass is 16.5. The van der Waals surface area contributed by atoms with Crippen LogP contribution < -0.4 is 5.32 Å². The third-order valence-corrected chi connectivity index (χ3v) is 2.67. The minimum absolute atomic E-state index is 0.287. The summed E-state index contributed by atoms with van der Waals surface area (Å²) in [5.74, 6) is 0. The minimum atomic E-state index is 0.287. The summed E-state index contributed by atoms with van der Waals surface area (Å²) in [5, 5.41) is 11.2. The van der Waals surface area contributed by atoms with Gasteiger partial charge in [0.05, 0.1) is 18.4 Å². The summed E-state index contributed by atoms with van der Waals surface area (Å²) in [7, 11) is 3.99. The number of hydrogen-bond acceptors (Lipinski definition) is 5. The van der Waals surface area contributed by atoms with Gasteiger partial charge in [0.25, 0.3) is 0 Å². The van der Waals surface area contributed by atoms with Crippen LogP contribution in [0.2, 0.25) is 0 Å². The van der Waals surface area contributed by atoms with Gasteiger partial charge in [0.1, 0.15) is 0 Å². The van der Waals surface area contributed by atoms with Crippen LogP contribution in [0.5, 0.6) is 0 Å². The van der Waals surface area contributed by atoms with Crippen molar-refractivity contribution in [1.82, 2.24) is 25.2 Å². The van der Waals surface area contributed by atoms with Crippen molar-refractivity contribution in [3.8, 4) is 0 Å². The van der Waals surface area contributed by atoms with Crippen molar-refractivity contribution in [3.63, 3.8) is 0 Å². The molecule has 1 saturated heterocycles. The molecule has 1 aliphatic heterocycles. The Kier molecular flexibility index (Phi) is 3.87. The Morgan fingerprint density at radius 2 is 2.44 bits per heavy atom. The van der Waals surface area contributed by atoms with Gasteiger partial charge in [-0.25, -0.2) is 0 Å². The third-order valence-electron chi connectivity index (χ3n) is 2.67. The lowest BCUT2D eigenvalue weighted by Crippen LogP contribution is -2.44. The Hall–Kier alpha value is -0.980. The second-order valence-electron chi connectivity index (χ2n) is 4.27. The number of likely N-dealkylation sites (N-methyl/N-ethyl adjacent to an activating group) is 1. The molecule has 6 heteroatoms. The monoisotopic (exact) mass is 225 g/mol. The number of nitrogens with zero attached hydrogens (tertiary/aromatic N) is 4. The molecule has 0 amide bonds. The van der Waals surface area contributed by atoms with Gasteiger partial charge in [0.15, 0.2) is 0 Å². The Morgan fingerprint density at radius 1 is 1.56 bits per heavy atom.